The number of nitrogens with one attached hydrogen (secondary N) is 1. The summed E-state index contributed by atoms with van der Waals surface area (Å²) in [4.78, 5) is 13.2. The molecule has 116 valence electrons. The van der Waals surface area contributed by atoms with Crippen LogP contribution in [0.3, 0.4) is 0 Å². The fourth-order valence-electron chi connectivity index (χ4n) is 3.16. The molecule has 1 saturated heterocycles. The SMILES string of the molecule is CCCNc1cc(N2C(C)CCC2CC)cc([N+](=O)[O-])c1. The molecular weight excluding hydrogens is 266 g/mol. The normalized spacial score (nSPS) is 21.6. The molecule has 5 nitrogen and oxygen atoms in total. The van der Waals surface area contributed by atoms with Gasteiger partial charge < -0.3 is 10.2 Å². The molecular formula is C16H25N3O2. The van der Waals surface area contributed by atoms with Crippen LogP contribution in [0.2, 0.25) is 0 Å². The van der Waals surface area contributed by atoms with E-state index in [9.17, 15) is 10.1 Å². The van der Waals surface area contributed by atoms with Crippen molar-refractivity contribution in [2.75, 3.05) is 16.8 Å². The highest BCUT2D eigenvalue weighted by atomic mass is 16.6. The van der Waals surface area contributed by atoms with E-state index in [1.165, 1.54) is 0 Å². The highest BCUT2D eigenvalue weighted by Gasteiger charge is 2.30. The molecule has 0 radical (unpaired) electrons. The number of non-ortho nitro benzene ring substituents is 1. The molecule has 0 aliphatic carbocycles. The molecule has 1 aromatic rings. The molecule has 1 heterocycles. The van der Waals surface area contributed by atoms with E-state index < -0.39 is 0 Å². The minimum Gasteiger partial charge on any atom is -0.385 e. The van der Waals surface area contributed by atoms with E-state index in [2.05, 4.69) is 31.0 Å². The molecule has 21 heavy (non-hydrogen) atoms. The molecule has 2 atom stereocenters. The van der Waals surface area contributed by atoms with Crippen LogP contribution in [-0.4, -0.2) is 23.6 Å². The quantitative estimate of drug-likeness (QED) is 0.631. The van der Waals surface area contributed by atoms with Gasteiger partial charge in [-0.2, -0.15) is 0 Å². The van der Waals surface area contributed by atoms with E-state index in [0.29, 0.717) is 12.1 Å². The van der Waals surface area contributed by atoms with Crippen molar-refractivity contribution in [2.45, 2.75) is 58.5 Å². The van der Waals surface area contributed by atoms with Crippen molar-refractivity contribution in [1.29, 1.82) is 0 Å². The lowest BCUT2D eigenvalue weighted by Gasteiger charge is -2.30. The van der Waals surface area contributed by atoms with Crippen molar-refractivity contribution >= 4 is 17.1 Å². The summed E-state index contributed by atoms with van der Waals surface area (Å²) in [7, 11) is 0. The third kappa shape index (κ3) is 3.46. The van der Waals surface area contributed by atoms with Crippen molar-refractivity contribution in [3.8, 4) is 0 Å². The van der Waals surface area contributed by atoms with Crippen LogP contribution in [0.15, 0.2) is 18.2 Å². The van der Waals surface area contributed by atoms with E-state index in [1.807, 2.05) is 6.07 Å². The second-order valence-electron chi connectivity index (χ2n) is 5.82. The standard InChI is InChI=1S/C16H25N3O2/c1-4-8-17-13-9-15(11-16(10-13)19(20)21)18-12(3)6-7-14(18)5-2/h9-12,14,17H,4-8H2,1-3H3. The lowest BCUT2D eigenvalue weighted by atomic mass is 10.1. The Kier molecular flexibility index (Phi) is 5.04. The predicted molar refractivity (Wildman–Crippen MR) is 87.1 cm³/mol. The number of hydrogen-bond acceptors (Lipinski definition) is 4. The third-order valence-electron chi connectivity index (χ3n) is 4.25. The molecule has 5 heteroatoms. The topological polar surface area (TPSA) is 58.4 Å². The van der Waals surface area contributed by atoms with Gasteiger partial charge in [-0.05, 0) is 38.7 Å². The average Bonchev–Trinajstić information content (AvgIpc) is 2.85. The third-order valence-corrected chi connectivity index (χ3v) is 4.25. The van der Waals surface area contributed by atoms with E-state index in [4.69, 9.17) is 0 Å². The summed E-state index contributed by atoms with van der Waals surface area (Å²) in [5, 5.41) is 14.5. The van der Waals surface area contributed by atoms with Gasteiger partial charge in [0.05, 0.1) is 4.92 Å². The Morgan fingerprint density at radius 3 is 2.71 bits per heavy atom. The van der Waals surface area contributed by atoms with Crippen molar-refractivity contribution in [3.63, 3.8) is 0 Å². The zero-order chi connectivity index (χ0) is 15.4. The summed E-state index contributed by atoms with van der Waals surface area (Å²) in [6, 6.07) is 6.31. The maximum atomic E-state index is 11.2. The molecule has 1 fully saturated rings. The summed E-state index contributed by atoms with van der Waals surface area (Å²) in [6.45, 7) is 7.30. The second kappa shape index (κ2) is 6.78. The number of nitro groups is 1. The van der Waals surface area contributed by atoms with Crippen molar-refractivity contribution in [3.05, 3.63) is 28.3 Å². The first-order chi connectivity index (χ1) is 10.1. The predicted octanol–water partition coefficient (Wildman–Crippen LogP) is 4.18. The Labute approximate surface area is 126 Å². The van der Waals surface area contributed by atoms with Crippen molar-refractivity contribution < 1.29 is 4.92 Å². The first-order valence-electron chi connectivity index (χ1n) is 7.88. The van der Waals surface area contributed by atoms with Crippen LogP contribution >= 0.6 is 0 Å². The smallest absolute Gasteiger partial charge is 0.273 e. The number of rotatable bonds is 6. The van der Waals surface area contributed by atoms with Crippen molar-refractivity contribution in [2.24, 2.45) is 0 Å². The summed E-state index contributed by atoms with van der Waals surface area (Å²) in [5.41, 5.74) is 1.98. The number of benzene rings is 1. The zero-order valence-electron chi connectivity index (χ0n) is 13.1. The Bertz CT molecular complexity index is 504. The summed E-state index contributed by atoms with van der Waals surface area (Å²) >= 11 is 0. The van der Waals surface area contributed by atoms with E-state index in [0.717, 1.165) is 43.6 Å². The van der Waals surface area contributed by atoms with Crippen LogP contribution in [0.25, 0.3) is 0 Å². The van der Waals surface area contributed by atoms with Gasteiger partial charge in [0.25, 0.3) is 5.69 Å². The highest BCUT2D eigenvalue weighted by Crippen LogP contribution is 2.35. The average molecular weight is 291 g/mol. The monoisotopic (exact) mass is 291 g/mol. The fourth-order valence-corrected chi connectivity index (χ4v) is 3.16. The van der Waals surface area contributed by atoms with Gasteiger partial charge in [0.2, 0.25) is 0 Å². The van der Waals surface area contributed by atoms with Gasteiger partial charge in [0, 0.05) is 42.1 Å². The van der Waals surface area contributed by atoms with Crippen LogP contribution in [0, 0.1) is 10.1 Å². The Balaban J connectivity index is 2.36. The van der Waals surface area contributed by atoms with Crippen LogP contribution in [0.1, 0.15) is 46.5 Å². The van der Waals surface area contributed by atoms with Gasteiger partial charge in [0.1, 0.15) is 0 Å². The molecule has 1 aromatic carbocycles. The Morgan fingerprint density at radius 2 is 2.10 bits per heavy atom. The maximum Gasteiger partial charge on any atom is 0.273 e. The molecule has 2 rings (SSSR count). The molecule has 0 spiro atoms. The Hall–Kier alpha value is -1.78. The number of nitrogens with zero attached hydrogens (tertiary/aromatic N) is 2. The molecule has 0 bridgehead atoms. The van der Waals surface area contributed by atoms with E-state index in [-0.39, 0.29) is 10.6 Å². The van der Waals surface area contributed by atoms with Gasteiger partial charge in [0.15, 0.2) is 0 Å². The molecule has 1 aliphatic heterocycles. The largest absolute Gasteiger partial charge is 0.385 e. The van der Waals surface area contributed by atoms with Gasteiger partial charge >= 0.3 is 0 Å². The molecule has 0 aromatic heterocycles. The molecule has 1 N–H and O–H groups in total. The molecule has 0 amide bonds. The summed E-state index contributed by atoms with van der Waals surface area (Å²) < 4.78 is 0. The maximum absolute atomic E-state index is 11.2. The minimum atomic E-state index is -0.303. The van der Waals surface area contributed by atoms with Crippen LogP contribution in [0.5, 0.6) is 0 Å². The van der Waals surface area contributed by atoms with Crippen LogP contribution in [0.4, 0.5) is 17.1 Å². The molecule has 2 unspecified atom stereocenters. The second-order valence-corrected chi connectivity index (χ2v) is 5.82. The van der Waals surface area contributed by atoms with Crippen LogP contribution in [-0.2, 0) is 0 Å². The van der Waals surface area contributed by atoms with E-state index >= 15 is 0 Å². The molecule has 0 saturated carbocycles. The number of hydrogen-bond donors (Lipinski definition) is 1. The first kappa shape index (κ1) is 15.6. The van der Waals surface area contributed by atoms with Gasteiger partial charge in [-0.3, -0.25) is 10.1 Å². The van der Waals surface area contributed by atoms with Gasteiger partial charge in [-0.1, -0.05) is 13.8 Å². The van der Waals surface area contributed by atoms with Gasteiger partial charge in [-0.25, -0.2) is 0 Å². The van der Waals surface area contributed by atoms with Gasteiger partial charge in [-0.15, -0.1) is 0 Å². The summed E-state index contributed by atoms with van der Waals surface area (Å²) in [6.07, 6.45) is 4.39. The van der Waals surface area contributed by atoms with E-state index in [1.54, 1.807) is 12.1 Å². The Morgan fingerprint density at radius 1 is 1.33 bits per heavy atom. The lowest BCUT2D eigenvalue weighted by Crippen LogP contribution is -2.34. The summed E-state index contributed by atoms with van der Waals surface area (Å²) in [5.74, 6) is 0. The van der Waals surface area contributed by atoms with Crippen LogP contribution < -0.4 is 10.2 Å². The minimum absolute atomic E-state index is 0.167. The number of anilines is 2. The van der Waals surface area contributed by atoms with Crippen molar-refractivity contribution in [1.82, 2.24) is 0 Å². The molecule has 1 aliphatic rings. The lowest BCUT2D eigenvalue weighted by molar-refractivity contribution is -0.384. The number of nitro benzene ring substituents is 1. The first-order valence-corrected chi connectivity index (χ1v) is 7.88. The zero-order valence-corrected chi connectivity index (χ0v) is 13.1. The highest BCUT2D eigenvalue weighted by molar-refractivity contribution is 5.65. The fraction of sp³-hybridized carbons (Fsp3) is 0.625.